The van der Waals surface area contributed by atoms with Gasteiger partial charge in [-0.15, -0.1) is 0 Å². The highest BCUT2D eigenvalue weighted by atomic mass is 16.5. The molecule has 0 aliphatic rings. The van der Waals surface area contributed by atoms with E-state index in [9.17, 15) is 4.79 Å². The van der Waals surface area contributed by atoms with Crippen LogP contribution >= 0.6 is 0 Å². The Bertz CT molecular complexity index is 1510. The second-order valence-corrected chi connectivity index (χ2v) is 7.59. The van der Waals surface area contributed by atoms with Crippen LogP contribution in [0.1, 0.15) is 12.5 Å². The number of pyridine rings is 1. The maximum absolute atomic E-state index is 11.9. The van der Waals surface area contributed by atoms with Gasteiger partial charge in [-0.1, -0.05) is 6.58 Å². The van der Waals surface area contributed by atoms with E-state index in [2.05, 4.69) is 37.2 Å². The van der Waals surface area contributed by atoms with E-state index in [0.717, 1.165) is 17.6 Å². The molecule has 0 aliphatic heterocycles. The number of aromatic amines is 1. The second kappa shape index (κ2) is 11.0. The van der Waals surface area contributed by atoms with Gasteiger partial charge in [-0.05, 0) is 55.8 Å². The number of carbonyl (C=O) groups excluding carboxylic acids is 1. The largest absolute Gasteiger partial charge is 0.492 e. The van der Waals surface area contributed by atoms with Crippen LogP contribution in [0.5, 0.6) is 17.2 Å². The Kier molecular flexibility index (Phi) is 7.35. The highest BCUT2D eigenvalue weighted by molar-refractivity contribution is 6.03. The van der Waals surface area contributed by atoms with Gasteiger partial charge in [0.2, 0.25) is 5.91 Å². The number of hydrogen-bond acceptors (Lipinski definition) is 7. The first-order chi connectivity index (χ1) is 17.5. The van der Waals surface area contributed by atoms with Crippen molar-refractivity contribution >= 4 is 40.3 Å². The van der Waals surface area contributed by atoms with Crippen molar-refractivity contribution in [1.29, 1.82) is 5.41 Å². The molecule has 0 unspecified atom stereocenters. The summed E-state index contributed by atoms with van der Waals surface area (Å²) < 4.78 is 11.7. The number of amides is 1. The molecule has 0 radical (unpaired) electrons. The molecular weight excluding hydrogens is 458 g/mol. The van der Waals surface area contributed by atoms with Crippen LogP contribution in [0.2, 0.25) is 0 Å². The fourth-order valence-corrected chi connectivity index (χ4v) is 3.49. The van der Waals surface area contributed by atoms with Crippen LogP contribution in [-0.4, -0.2) is 33.8 Å². The predicted molar refractivity (Wildman–Crippen MR) is 139 cm³/mol. The smallest absolute Gasteiger partial charge is 0.247 e. The Morgan fingerprint density at radius 3 is 2.81 bits per heavy atom. The lowest BCUT2D eigenvalue weighted by molar-refractivity contribution is -0.111. The number of H-pyrrole nitrogens is 1. The number of ether oxygens (including phenoxy) is 2. The fourth-order valence-electron chi connectivity index (χ4n) is 3.49. The molecule has 182 valence electrons. The van der Waals surface area contributed by atoms with Gasteiger partial charge in [-0.2, -0.15) is 0 Å². The SMILES string of the molecule is C=CC(=O)Nc1cc2c(Nc3ccc(Oc4cc[nH]/c(=N\C=N)c4)c(C)c3)ncnc2cc1OCC. The highest BCUT2D eigenvalue weighted by Gasteiger charge is 2.13. The molecule has 4 rings (SSSR count). The van der Waals surface area contributed by atoms with E-state index in [1.54, 1.807) is 30.5 Å². The van der Waals surface area contributed by atoms with Gasteiger partial charge in [-0.25, -0.2) is 15.0 Å². The van der Waals surface area contributed by atoms with E-state index >= 15 is 0 Å². The molecule has 0 aliphatic carbocycles. The summed E-state index contributed by atoms with van der Waals surface area (Å²) in [5, 5.41) is 13.9. The lowest BCUT2D eigenvalue weighted by Gasteiger charge is -2.15. The number of anilines is 3. The van der Waals surface area contributed by atoms with Crippen molar-refractivity contribution in [3.05, 3.63) is 78.7 Å². The molecule has 0 fully saturated rings. The van der Waals surface area contributed by atoms with Crippen LogP contribution in [-0.2, 0) is 4.79 Å². The Hall–Kier alpha value is -4.99. The van der Waals surface area contributed by atoms with Crippen LogP contribution in [0.25, 0.3) is 10.9 Å². The number of benzene rings is 2. The zero-order chi connectivity index (χ0) is 25.5. The van der Waals surface area contributed by atoms with Gasteiger partial charge in [0.25, 0.3) is 0 Å². The number of aryl methyl sites for hydroxylation is 1. The van der Waals surface area contributed by atoms with Crippen molar-refractivity contribution in [3.63, 3.8) is 0 Å². The number of rotatable bonds is 9. The number of fused-ring (bicyclic) bond motifs is 1. The monoisotopic (exact) mass is 483 g/mol. The fraction of sp³-hybridized carbons (Fsp3) is 0.115. The normalized spacial score (nSPS) is 11.1. The van der Waals surface area contributed by atoms with Gasteiger partial charge in [0.1, 0.15) is 41.2 Å². The summed E-state index contributed by atoms with van der Waals surface area (Å²) in [5.74, 6) is 2.01. The summed E-state index contributed by atoms with van der Waals surface area (Å²) in [6, 6.07) is 12.7. The first-order valence-electron chi connectivity index (χ1n) is 11.1. The summed E-state index contributed by atoms with van der Waals surface area (Å²) in [4.78, 5) is 27.5. The van der Waals surface area contributed by atoms with Gasteiger partial charge >= 0.3 is 0 Å². The van der Waals surface area contributed by atoms with Gasteiger partial charge in [0.15, 0.2) is 0 Å². The Labute approximate surface area is 207 Å². The first-order valence-corrected chi connectivity index (χ1v) is 11.1. The minimum atomic E-state index is -0.345. The van der Waals surface area contributed by atoms with E-state index < -0.39 is 0 Å². The molecule has 0 atom stereocenters. The van der Waals surface area contributed by atoms with E-state index in [-0.39, 0.29) is 5.91 Å². The molecule has 0 bridgehead atoms. The molecule has 4 aromatic rings. The first kappa shape index (κ1) is 24.1. The van der Waals surface area contributed by atoms with Gasteiger partial charge < -0.3 is 25.1 Å². The topological polar surface area (TPSA) is 137 Å². The summed E-state index contributed by atoms with van der Waals surface area (Å²) in [6.07, 6.45) is 5.33. The minimum absolute atomic E-state index is 0.345. The van der Waals surface area contributed by atoms with E-state index in [4.69, 9.17) is 14.9 Å². The third-order valence-electron chi connectivity index (χ3n) is 5.11. The second-order valence-electron chi connectivity index (χ2n) is 7.59. The number of carbonyl (C=O) groups is 1. The number of aromatic nitrogens is 3. The lowest BCUT2D eigenvalue weighted by Crippen LogP contribution is -2.09. The maximum atomic E-state index is 11.9. The molecule has 36 heavy (non-hydrogen) atoms. The van der Waals surface area contributed by atoms with Crippen molar-refractivity contribution in [1.82, 2.24) is 15.0 Å². The summed E-state index contributed by atoms with van der Waals surface area (Å²) in [6.45, 7) is 7.75. The molecule has 2 aromatic heterocycles. The third kappa shape index (κ3) is 5.55. The van der Waals surface area contributed by atoms with Crippen molar-refractivity contribution in [3.8, 4) is 17.2 Å². The third-order valence-corrected chi connectivity index (χ3v) is 5.11. The molecule has 1 amide bonds. The Morgan fingerprint density at radius 1 is 1.19 bits per heavy atom. The van der Waals surface area contributed by atoms with Gasteiger partial charge in [-0.3, -0.25) is 10.2 Å². The molecule has 2 aromatic carbocycles. The van der Waals surface area contributed by atoms with Gasteiger partial charge in [0.05, 0.1) is 17.8 Å². The Morgan fingerprint density at radius 2 is 2.06 bits per heavy atom. The minimum Gasteiger partial charge on any atom is -0.492 e. The van der Waals surface area contributed by atoms with E-state index in [1.807, 2.05) is 32.0 Å². The molecular formula is C26H25N7O3. The number of nitrogens with one attached hydrogen (secondary N) is 4. The van der Waals surface area contributed by atoms with Crippen molar-refractivity contribution in [2.24, 2.45) is 4.99 Å². The Balaban J connectivity index is 1.63. The van der Waals surface area contributed by atoms with Crippen molar-refractivity contribution in [2.75, 3.05) is 17.2 Å². The van der Waals surface area contributed by atoms with Crippen LogP contribution in [0.4, 0.5) is 17.2 Å². The molecule has 2 heterocycles. The van der Waals surface area contributed by atoms with Crippen molar-refractivity contribution in [2.45, 2.75) is 13.8 Å². The zero-order valence-corrected chi connectivity index (χ0v) is 19.8. The lowest BCUT2D eigenvalue weighted by atomic mass is 10.1. The molecule has 10 heteroatoms. The van der Waals surface area contributed by atoms with Crippen molar-refractivity contribution < 1.29 is 14.3 Å². The highest BCUT2D eigenvalue weighted by Crippen LogP contribution is 2.34. The molecule has 0 spiro atoms. The maximum Gasteiger partial charge on any atom is 0.247 e. The zero-order valence-electron chi connectivity index (χ0n) is 19.8. The van der Waals surface area contributed by atoms with Crippen LogP contribution in [0.15, 0.2) is 72.6 Å². The average molecular weight is 484 g/mol. The van der Waals surface area contributed by atoms with Gasteiger partial charge in [0, 0.05) is 29.4 Å². The number of nitrogens with zero attached hydrogens (tertiary/aromatic N) is 3. The molecule has 10 nitrogen and oxygen atoms in total. The van der Waals surface area contributed by atoms with Crippen LogP contribution in [0, 0.1) is 12.3 Å². The molecule has 4 N–H and O–H groups in total. The van der Waals surface area contributed by atoms with E-state index in [0.29, 0.717) is 51.8 Å². The molecule has 0 saturated heterocycles. The predicted octanol–water partition coefficient (Wildman–Crippen LogP) is 4.83. The van der Waals surface area contributed by atoms with Crippen LogP contribution in [0.3, 0.4) is 0 Å². The molecule has 0 saturated carbocycles. The number of hydrogen-bond donors (Lipinski definition) is 4. The standard InChI is InChI=1S/C26H25N7O3/c1-4-25(34)33-21-12-19-20(13-23(21)35-5-2)30-15-31-26(19)32-17-6-7-22(16(3)10-17)36-18-8-9-28-24(11-18)29-14-27/h4,6-15H,1,5H2,2-3H3,(H,33,34)(H2,27,28,29)(H,30,31,32). The summed E-state index contributed by atoms with van der Waals surface area (Å²) in [7, 11) is 0. The summed E-state index contributed by atoms with van der Waals surface area (Å²) >= 11 is 0. The van der Waals surface area contributed by atoms with E-state index in [1.165, 1.54) is 12.4 Å². The average Bonchev–Trinajstić information content (AvgIpc) is 2.87. The summed E-state index contributed by atoms with van der Waals surface area (Å²) in [5.41, 5.74) is 3.38. The quantitative estimate of drug-likeness (QED) is 0.153. The van der Waals surface area contributed by atoms with Crippen LogP contribution < -0.4 is 25.6 Å².